The van der Waals surface area contributed by atoms with Crippen LogP contribution in [0.25, 0.3) is 0 Å². The number of rotatable bonds is 5. The van der Waals surface area contributed by atoms with Crippen LogP contribution in [0.3, 0.4) is 0 Å². The molecule has 118 valence electrons. The molecule has 1 amide bonds. The van der Waals surface area contributed by atoms with Gasteiger partial charge in [0.25, 0.3) is 10.0 Å². The molecule has 0 bridgehead atoms. The quantitative estimate of drug-likeness (QED) is 0.607. The maximum atomic E-state index is 12.1. The van der Waals surface area contributed by atoms with E-state index >= 15 is 0 Å². The first-order valence-corrected chi connectivity index (χ1v) is 8.48. The van der Waals surface area contributed by atoms with E-state index in [-0.39, 0.29) is 21.9 Å². The van der Waals surface area contributed by atoms with Crippen molar-refractivity contribution in [2.75, 3.05) is 18.5 Å². The van der Waals surface area contributed by atoms with Crippen LogP contribution in [-0.2, 0) is 19.6 Å². The van der Waals surface area contributed by atoms with Crippen molar-refractivity contribution in [2.24, 2.45) is 0 Å². The molecule has 3 N–H and O–H groups in total. The van der Waals surface area contributed by atoms with Crippen LogP contribution in [0.2, 0.25) is 0 Å². The number of carbonyl (C=O) groups excluding carboxylic acids is 1. The second-order valence-electron chi connectivity index (χ2n) is 4.75. The molecule has 0 saturated carbocycles. The highest BCUT2D eigenvalue weighted by Gasteiger charge is 2.40. The lowest BCUT2D eigenvalue weighted by Crippen LogP contribution is -2.47. The van der Waals surface area contributed by atoms with Gasteiger partial charge in [-0.05, 0) is 6.92 Å². The van der Waals surface area contributed by atoms with Crippen molar-refractivity contribution in [1.82, 2.24) is 14.9 Å². The van der Waals surface area contributed by atoms with E-state index < -0.39 is 21.7 Å². The molecule has 2 rings (SSSR count). The van der Waals surface area contributed by atoms with Crippen LogP contribution in [-0.4, -0.2) is 54.5 Å². The highest BCUT2D eigenvalue weighted by atomic mass is 32.2. The second kappa shape index (κ2) is 5.93. The summed E-state index contributed by atoms with van der Waals surface area (Å²) < 4.78 is 31.4. The Balaban J connectivity index is 2.05. The summed E-state index contributed by atoms with van der Waals surface area (Å²) in [7, 11) is -3.90. The minimum atomic E-state index is -3.90. The van der Waals surface area contributed by atoms with E-state index in [1.54, 1.807) is 6.92 Å². The minimum Gasteiger partial charge on any atom is -0.386 e. The predicted octanol–water partition coefficient (Wildman–Crippen LogP) is -0.685. The highest BCUT2D eigenvalue weighted by molar-refractivity contribution is 7.91. The van der Waals surface area contributed by atoms with E-state index in [4.69, 9.17) is 4.74 Å². The average Bonchev–Trinajstić information content (AvgIpc) is 2.96. The fourth-order valence-corrected chi connectivity index (χ4v) is 3.89. The Morgan fingerprint density at radius 1 is 1.57 bits per heavy atom. The maximum Gasteiger partial charge on any atom is 0.269 e. The van der Waals surface area contributed by atoms with Crippen molar-refractivity contribution < 1.29 is 23.1 Å². The van der Waals surface area contributed by atoms with Gasteiger partial charge in [-0.15, -0.1) is 10.2 Å². The van der Waals surface area contributed by atoms with Crippen LogP contribution in [0.15, 0.2) is 4.34 Å². The molecule has 0 aliphatic carbocycles. The lowest BCUT2D eigenvalue weighted by Gasteiger charge is -2.25. The Morgan fingerprint density at radius 2 is 2.29 bits per heavy atom. The number of nitrogens with one attached hydrogen (secondary N) is 2. The lowest BCUT2D eigenvalue weighted by atomic mass is 9.97. The molecule has 21 heavy (non-hydrogen) atoms. The first-order valence-electron chi connectivity index (χ1n) is 6.18. The summed E-state index contributed by atoms with van der Waals surface area (Å²) in [6, 6.07) is 0. The van der Waals surface area contributed by atoms with E-state index in [9.17, 15) is 18.3 Å². The van der Waals surface area contributed by atoms with Crippen LogP contribution >= 0.6 is 11.3 Å². The number of hydrogen-bond acceptors (Lipinski definition) is 8. The minimum absolute atomic E-state index is 0.0964. The average molecular weight is 336 g/mol. The van der Waals surface area contributed by atoms with Crippen molar-refractivity contribution in [1.29, 1.82) is 0 Å². The Hall–Kier alpha value is -1.14. The molecule has 2 heterocycles. The van der Waals surface area contributed by atoms with Gasteiger partial charge in [-0.2, -0.15) is 0 Å². The van der Waals surface area contributed by atoms with Gasteiger partial charge >= 0.3 is 0 Å². The molecule has 0 radical (unpaired) electrons. The molecule has 1 saturated heterocycles. The Kier molecular flexibility index (Phi) is 4.58. The monoisotopic (exact) mass is 336 g/mol. The van der Waals surface area contributed by atoms with E-state index in [0.717, 1.165) is 11.3 Å². The number of nitrogens with zero attached hydrogens (tertiary/aromatic N) is 2. The molecule has 2 unspecified atom stereocenters. The zero-order valence-electron chi connectivity index (χ0n) is 11.5. The SMILES string of the molecule is CC(=O)Nc1nnc(S(=O)(=O)NCC2(O)CCOC2C)s1. The first-order chi connectivity index (χ1) is 9.73. The number of hydrogen-bond donors (Lipinski definition) is 3. The van der Waals surface area contributed by atoms with Gasteiger partial charge in [-0.25, -0.2) is 13.1 Å². The molecule has 0 aromatic carbocycles. The third-order valence-electron chi connectivity index (χ3n) is 3.15. The van der Waals surface area contributed by atoms with Gasteiger partial charge in [-0.3, -0.25) is 4.79 Å². The summed E-state index contributed by atoms with van der Waals surface area (Å²) in [5, 5.41) is 19.8. The number of anilines is 1. The van der Waals surface area contributed by atoms with Crippen molar-refractivity contribution in [3.05, 3.63) is 0 Å². The maximum absolute atomic E-state index is 12.1. The molecule has 0 spiro atoms. The summed E-state index contributed by atoms with van der Waals surface area (Å²) in [6.45, 7) is 3.17. The second-order valence-corrected chi connectivity index (χ2v) is 7.66. The van der Waals surface area contributed by atoms with Gasteiger partial charge in [-0.1, -0.05) is 11.3 Å². The molecular formula is C10H16N4O5S2. The van der Waals surface area contributed by atoms with Crippen molar-refractivity contribution in [2.45, 2.75) is 36.3 Å². The van der Waals surface area contributed by atoms with E-state index in [2.05, 4.69) is 20.2 Å². The third-order valence-corrected chi connectivity index (χ3v) is 5.75. The van der Waals surface area contributed by atoms with Crippen LogP contribution < -0.4 is 10.0 Å². The normalized spacial score (nSPS) is 26.0. The predicted molar refractivity (Wildman–Crippen MR) is 74.4 cm³/mol. The molecule has 9 nitrogen and oxygen atoms in total. The van der Waals surface area contributed by atoms with Crippen LogP contribution in [0, 0.1) is 0 Å². The molecule has 1 aromatic rings. The summed E-state index contributed by atoms with van der Waals surface area (Å²) in [5.74, 6) is -0.366. The van der Waals surface area contributed by atoms with Crippen LogP contribution in [0.4, 0.5) is 5.13 Å². The number of sulfonamides is 1. The van der Waals surface area contributed by atoms with Gasteiger partial charge in [0, 0.05) is 26.5 Å². The molecule has 1 aliphatic heterocycles. The largest absolute Gasteiger partial charge is 0.386 e. The molecule has 1 fully saturated rings. The molecule has 2 atom stereocenters. The van der Waals surface area contributed by atoms with Crippen molar-refractivity contribution >= 4 is 32.4 Å². The molecule has 1 aliphatic rings. The standard InChI is InChI=1S/C10H16N4O5S2/c1-6-10(16,3-4-19-6)5-11-21(17,18)9-14-13-8(20-9)12-7(2)15/h6,11,16H,3-5H2,1-2H3,(H,12,13,15). The summed E-state index contributed by atoms with van der Waals surface area (Å²) in [5.41, 5.74) is -1.24. The Morgan fingerprint density at radius 3 is 2.86 bits per heavy atom. The number of aliphatic hydroxyl groups is 1. The van der Waals surface area contributed by atoms with Gasteiger partial charge in [0.2, 0.25) is 15.4 Å². The van der Waals surface area contributed by atoms with Crippen molar-refractivity contribution in [3.63, 3.8) is 0 Å². The van der Waals surface area contributed by atoms with Crippen LogP contribution in [0.1, 0.15) is 20.3 Å². The molecular weight excluding hydrogens is 320 g/mol. The number of aromatic nitrogens is 2. The first kappa shape index (κ1) is 16.2. The zero-order valence-corrected chi connectivity index (χ0v) is 13.1. The van der Waals surface area contributed by atoms with E-state index in [0.29, 0.717) is 13.0 Å². The smallest absolute Gasteiger partial charge is 0.269 e. The number of amides is 1. The Bertz CT molecular complexity index is 631. The van der Waals surface area contributed by atoms with Gasteiger partial charge in [0.1, 0.15) is 5.60 Å². The molecule has 11 heteroatoms. The number of ether oxygens (including phenoxy) is 1. The summed E-state index contributed by atoms with van der Waals surface area (Å²) in [6.07, 6.45) is -0.103. The fourth-order valence-electron chi connectivity index (χ4n) is 1.80. The zero-order chi connectivity index (χ0) is 15.7. The third kappa shape index (κ3) is 3.74. The topological polar surface area (TPSA) is 131 Å². The van der Waals surface area contributed by atoms with Crippen LogP contribution in [0.5, 0.6) is 0 Å². The fraction of sp³-hybridized carbons (Fsp3) is 0.700. The van der Waals surface area contributed by atoms with Gasteiger partial charge < -0.3 is 15.2 Å². The Labute approximate surface area is 125 Å². The summed E-state index contributed by atoms with van der Waals surface area (Å²) in [4.78, 5) is 10.9. The number of carbonyl (C=O) groups is 1. The van der Waals surface area contributed by atoms with Crippen molar-refractivity contribution in [3.8, 4) is 0 Å². The van der Waals surface area contributed by atoms with Gasteiger partial charge in [0.15, 0.2) is 0 Å². The molecule has 1 aromatic heterocycles. The lowest BCUT2D eigenvalue weighted by molar-refractivity contribution is -0.114. The summed E-state index contributed by atoms with van der Waals surface area (Å²) >= 11 is 0.733. The highest BCUT2D eigenvalue weighted by Crippen LogP contribution is 2.26. The van der Waals surface area contributed by atoms with E-state index in [1.807, 2.05) is 0 Å². The van der Waals surface area contributed by atoms with E-state index in [1.165, 1.54) is 6.92 Å². The van der Waals surface area contributed by atoms with Gasteiger partial charge in [0.05, 0.1) is 6.10 Å².